The fourth-order valence-corrected chi connectivity index (χ4v) is 2.59. The highest BCUT2D eigenvalue weighted by Crippen LogP contribution is 2.19. The molecule has 1 heterocycles. The summed E-state index contributed by atoms with van der Waals surface area (Å²) in [6, 6.07) is 15.8. The molecule has 144 valence electrons. The first-order chi connectivity index (χ1) is 13.5. The smallest absolute Gasteiger partial charge is 0.276 e. The molecule has 6 nitrogen and oxygen atoms in total. The Bertz CT molecular complexity index is 1030. The fraction of sp³-hybridized carbons (Fsp3) is 0.190. The maximum atomic E-state index is 13.2. The van der Waals surface area contributed by atoms with Crippen LogP contribution in [0.25, 0.3) is 0 Å². The SMILES string of the molecule is CCCn1nc(C(=O)Nc2cccc(OCc3cccc(F)c3)c2)ccc1=O. The summed E-state index contributed by atoms with van der Waals surface area (Å²) in [4.78, 5) is 24.2. The number of carbonyl (C=O) groups is 1. The van der Waals surface area contributed by atoms with Crippen LogP contribution in [0.3, 0.4) is 0 Å². The van der Waals surface area contributed by atoms with Crippen LogP contribution in [0.4, 0.5) is 10.1 Å². The van der Waals surface area contributed by atoms with Crippen molar-refractivity contribution in [2.75, 3.05) is 5.32 Å². The molecule has 7 heteroatoms. The summed E-state index contributed by atoms with van der Waals surface area (Å²) >= 11 is 0. The van der Waals surface area contributed by atoms with Crippen LogP contribution in [0.5, 0.6) is 5.75 Å². The van der Waals surface area contributed by atoms with Gasteiger partial charge < -0.3 is 10.1 Å². The molecule has 0 saturated carbocycles. The van der Waals surface area contributed by atoms with Crippen LogP contribution < -0.4 is 15.6 Å². The number of aromatic nitrogens is 2. The van der Waals surface area contributed by atoms with Crippen LogP contribution in [0.15, 0.2) is 65.5 Å². The number of hydrogen-bond acceptors (Lipinski definition) is 4. The molecule has 1 N–H and O–H groups in total. The predicted molar refractivity (Wildman–Crippen MR) is 104 cm³/mol. The minimum atomic E-state index is -0.424. The molecule has 1 aromatic heterocycles. The van der Waals surface area contributed by atoms with Gasteiger partial charge in [0.2, 0.25) is 0 Å². The molecular formula is C21H20FN3O3. The normalized spacial score (nSPS) is 10.5. The molecule has 0 atom stereocenters. The second-order valence-electron chi connectivity index (χ2n) is 6.18. The third kappa shape index (κ3) is 5.03. The first kappa shape index (κ1) is 19.3. The number of carbonyl (C=O) groups excluding carboxylic acids is 1. The monoisotopic (exact) mass is 381 g/mol. The Morgan fingerprint density at radius 1 is 1.14 bits per heavy atom. The van der Waals surface area contributed by atoms with Crippen LogP contribution in [-0.4, -0.2) is 15.7 Å². The van der Waals surface area contributed by atoms with Crippen molar-refractivity contribution in [1.82, 2.24) is 9.78 Å². The molecule has 1 amide bonds. The summed E-state index contributed by atoms with van der Waals surface area (Å²) in [5, 5.41) is 6.83. The van der Waals surface area contributed by atoms with Crippen LogP contribution >= 0.6 is 0 Å². The lowest BCUT2D eigenvalue weighted by Crippen LogP contribution is -2.26. The average Bonchev–Trinajstić information content (AvgIpc) is 2.68. The summed E-state index contributed by atoms with van der Waals surface area (Å²) in [5.41, 5.74) is 1.14. The molecule has 0 radical (unpaired) electrons. The van der Waals surface area contributed by atoms with E-state index in [1.54, 1.807) is 36.4 Å². The third-order valence-electron chi connectivity index (χ3n) is 3.92. The number of rotatable bonds is 7. The molecule has 0 aliphatic carbocycles. The summed E-state index contributed by atoms with van der Waals surface area (Å²) in [5.74, 6) is -0.211. The Hall–Kier alpha value is -3.48. The number of nitrogens with one attached hydrogen (secondary N) is 1. The number of aryl methyl sites for hydroxylation is 1. The van der Waals surface area contributed by atoms with E-state index >= 15 is 0 Å². The lowest BCUT2D eigenvalue weighted by atomic mass is 10.2. The Kier molecular flexibility index (Phi) is 6.16. The number of amides is 1. The first-order valence-electron chi connectivity index (χ1n) is 8.92. The van der Waals surface area contributed by atoms with Crippen molar-refractivity contribution in [3.8, 4) is 5.75 Å². The van der Waals surface area contributed by atoms with Gasteiger partial charge >= 0.3 is 0 Å². The Morgan fingerprint density at radius 2 is 1.96 bits per heavy atom. The van der Waals surface area contributed by atoms with Gasteiger partial charge in [-0.1, -0.05) is 25.1 Å². The highest BCUT2D eigenvalue weighted by atomic mass is 19.1. The van der Waals surface area contributed by atoms with Gasteiger partial charge in [0.25, 0.3) is 11.5 Å². The van der Waals surface area contributed by atoms with E-state index in [4.69, 9.17) is 4.74 Å². The molecule has 3 rings (SSSR count). The van der Waals surface area contributed by atoms with Crippen molar-refractivity contribution in [3.05, 3.63) is 88.1 Å². The Morgan fingerprint density at radius 3 is 2.75 bits per heavy atom. The number of hydrogen-bond donors (Lipinski definition) is 1. The number of benzene rings is 2. The Labute approximate surface area is 161 Å². The van der Waals surface area contributed by atoms with Gasteiger partial charge in [-0.05, 0) is 42.3 Å². The minimum Gasteiger partial charge on any atom is -0.489 e. The highest BCUT2D eigenvalue weighted by molar-refractivity contribution is 6.02. The van der Waals surface area contributed by atoms with Crippen LogP contribution in [0.2, 0.25) is 0 Å². The third-order valence-corrected chi connectivity index (χ3v) is 3.92. The molecule has 2 aromatic carbocycles. The first-order valence-corrected chi connectivity index (χ1v) is 8.92. The second-order valence-corrected chi connectivity index (χ2v) is 6.18. The highest BCUT2D eigenvalue weighted by Gasteiger charge is 2.10. The standard InChI is InChI=1S/C21H20FN3O3/c1-2-11-25-20(26)10-9-19(24-25)21(27)23-17-7-4-8-18(13-17)28-14-15-5-3-6-16(22)12-15/h3-10,12-13H,2,11,14H2,1H3,(H,23,27). The predicted octanol–water partition coefficient (Wildman–Crippen LogP) is 3.62. The number of halogens is 1. The van der Waals surface area contributed by atoms with Crippen molar-refractivity contribution >= 4 is 11.6 Å². The lowest BCUT2D eigenvalue weighted by molar-refractivity contribution is 0.101. The van der Waals surface area contributed by atoms with E-state index in [1.807, 2.05) is 6.92 Å². The minimum absolute atomic E-state index is 0.152. The van der Waals surface area contributed by atoms with Crippen molar-refractivity contribution in [3.63, 3.8) is 0 Å². The summed E-state index contributed by atoms with van der Waals surface area (Å²) in [6.07, 6.45) is 0.739. The van der Waals surface area contributed by atoms with Gasteiger partial charge in [0.1, 0.15) is 23.9 Å². The van der Waals surface area contributed by atoms with Crippen molar-refractivity contribution < 1.29 is 13.9 Å². The van der Waals surface area contributed by atoms with Gasteiger partial charge in [0.15, 0.2) is 0 Å². The van der Waals surface area contributed by atoms with Crippen molar-refractivity contribution in [2.45, 2.75) is 26.5 Å². The van der Waals surface area contributed by atoms with Crippen molar-refractivity contribution in [1.29, 1.82) is 0 Å². The molecule has 28 heavy (non-hydrogen) atoms. The zero-order valence-electron chi connectivity index (χ0n) is 15.4. The van der Waals surface area contributed by atoms with E-state index in [2.05, 4.69) is 10.4 Å². The van der Waals surface area contributed by atoms with Gasteiger partial charge in [-0.3, -0.25) is 9.59 Å². The second kappa shape index (κ2) is 8.94. The summed E-state index contributed by atoms with van der Waals surface area (Å²) < 4.78 is 20.2. The average molecular weight is 381 g/mol. The largest absolute Gasteiger partial charge is 0.489 e. The van der Waals surface area contributed by atoms with E-state index in [9.17, 15) is 14.0 Å². The molecule has 0 fully saturated rings. The lowest BCUT2D eigenvalue weighted by Gasteiger charge is -2.10. The molecule has 0 saturated heterocycles. The summed E-state index contributed by atoms with van der Waals surface area (Å²) in [6.45, 7) is 2.58. The quantitative estimate of drug-likeness (QED) is 0.678. The number of ether oxygens (including phenoxy) is 1. The fourth-order valence-electron chi connectivity index (χ4n) is 2.59. The van der Waals surface area contributed by atoms with Gasteiger partial charge in [-0.2, -0.15) is 5.10 Å². The van der Waals surface area contributed by atoms with Gasteiger partial charge in [-0.25, -0.2) is 9.07 Å². The molecule has 0 unspecified atom stereocenters. The molecular weight excluding hydrogens is 361 g/mol. The van der Waals surface area contributed by atoms with E-state index in [-0.39, 0.29) is 23.7 Å². The van der Waals surface area contributed by atoms with Gasteiger partial charge in [-0.15, -0.1) is 0 Å². The van der Waals surface area contributed by atoms with Crippen molar-refractivity contribution in [2.24, 2.45) is 0 Å². The van der Waals surface area contributed by atoms with Crippen LogP contribution in [0, 0.1) is 5.82 Å². The molecule has 0 aliphatic rings. The molecule has 3 aromatic rings. The van der Waals surface area contributed by atoms with Gasteiger partial charge in [0.05, 0.1) is 0 Å². The number of anilines is 1. The maximum absolute atomic E-state index is 13.2. The summed E-state index contributed by atoms with van der Waals surface area (Å²) in [7, 11) is 0. The zero-order valence-corrected chi connectivity index (χ0v) is 15.4. The maximum Gasteiger partial charge on any atom is 0.276 e. The van der Waals surface area contributed by atoms with E-state index < -0.39 is 5.91 Å². The molecule has 0 aliphatic heterocycles. The van der Waals surface area contributed by atoms with E-state index in [0.29, 0.717) is 23.5 Å². The Balaban J connectivity index is 1.68. The molecule has 0 bridgehead atoms. The topological polar surface area (TPSA) is 73.2 Å². The van der Waals surface area contributed by atoms with E-state index in [0.717, 1.165) is 6.42 Å². The number of nitrogens with zero attached hydrogens (tertiary/aromatic N) is 2. The van der Waals surface area contributed by atoms with E-state index in [1.165, 1.54) is 28.9 Å². The van der Waals surface area contributed by atoms with Crippen LogP contribution in [0.1, 0.15) is 29.4 Å². The van der Waals surface area contributed by atoms with Gasteiger partial charge in [0, 0.05) is 24.4 Å². The zero-order chi connectivity index (χ0) is 19.9. The molecule has 0 spiro atoms. The van der Waals surface area contributed by atoms with Crippen LogP contribution in [-0.2, 0) is 13.2 Å².